The van der Waals surface area contributed by atoms with Gasteiger partial charge in [0.25, 0.3) is 0 Å². The number of aromatic nitrogens is 5. The van der Waals surface area contributed by atoms with Crippen LogP contribution in [0.15, 0.2) is 88.9 Å². The minimum absolute atomic E-state index is 0.250. The first-order valence-corrected chi connectivity index (χ1v) is 13.6. The molecule has 0 atom stereocenters. The third-order valence-corrected chi connectivity index (χ3v) is 6.90. The molecular weight excluding hydrogens is 571 g/mol. The van der Waals surface area contributed by atoms with E-state index in [9.17, 15) is 22.8 Å². The molecule has 2 N–H and O–H groups in total. The van der Waals surface area contributed by atoms with E-state index in [1.807, 2.05) is 55.5 Å². The van der Waals surface area contributed by atoms with Gasteiger partial charge in [0.2, 0.25) is 4.80 Å². The molecule has 0 saturated carbocycles. The number of aromatic amines is 1. The van der Waals surface area contributed by atoms with Gasteiger partial charge in [-0.1, -0.05) is 49.4 Å². The first kappa shape index (κ1) is 28.5. The maximum Gasteiger partial charge on any atom is 0.573 e. The molecule has 3 aromatic carbocycles. The number of H-pyrrole nitrogens is 1. The second-order valence-electron chi connectivity index (χ2n) is 8.95. The van der Waals surface area contributed by atoms with Crippen molar-refractivity contribution in [2.75, 3.05) is 6.54 Å². The Morgan fingerprint density at radius 3 is 2.52 bits per heavy atom. The monoisotopic (exact) mass is 595 g/mol. The molecule has 0 aliphatic rings. The Balaban J connectivity index is 1.19. The highest BCUT2D eigenvalue weighted by molar-refractivity contribution is 7.02. The van der Waals surface area contributed by atoms with E-state index in [1.54, 1.807) is 0 Å². The van der Waals surface area contributed by atoms with Crippen molar-refractivity contribution in [1.82, 2.24) is 29.0 Å². The van der Waals surface area contributed by atoms with Gasteiger partial charge in [-0.05, 0) is 65.8 Å². The molecule has 5 aromatic rings. The fraction of sp³-hybridized carbons (Fsp3) is 0.179. The fourth-order valence-corrected chi connectivity index (χ4v) is 4.83. The van der Waals surface area contributed by atoms with E-state index in [0.29, 0.717) is 30.2 Å². The molecular formula is C28H24F3N7O3S. The van der Waals surface area contributed by atoms with Gasteiger partial charge in [-0.2, -0.15) is 4.99 Å². The lowest BCUT2D eigenvalue weighted by atomic mass is 10.1. The molecule has 0 bridgehead atoms. The quantitative estimate of drug-likeness (QED) is 0.268. The Labute approximate surface area is 240 Å². The maximum absolute atomic E-state index is 12.5. The number of carbonyl (C=O) groups is 1. The topological polar surface area (TPSA) is 119 Å². The molecule has 0 aliphatic carbocycles. The van der Waals surface area contributed by atoms with Gasteiger partial charge in [0, 0.05) is 12.1 Å². The third kappa shape index (κ3) is 6.83. The smallest absolute Gasteiger partial charge is 0.406 e. The van der Waals surface area contributed by atoms with Crippen molar-refractivity contribution in [1.29, 1.82) is 0 Å². The van der Waals surface area contributed by atoms with Crippen LogP contribution >= 0.6 is 11.5 Å². The summed E-state index contributed by atoms with van der Waals surface area (Å²) in [6.45, 7) is 2.31. The van der Waals surface area contributed by atoms with Crippen LogP contribution in [0.5, 0.6) is 5.75 Å². The lowest BCUT2D eigenvalue weighted by molar-refractivity contribution is -0.274. The van der Waals surface area contributed by atoms with Crippen LogP contribution in [0.3, 0.4) is 0 Å². The Kier molecular flexibility index (Phi) is 8.33. The molecule has 0 aliphatic heterocycles. The van der Waals surface area contributed by atoms with Crippen LogP contribution in [0.4, 0.5) is 18.0 Å². The van der Waals surface area contributed by atoms with Crippen LogP contribution in [0.25, 0.3) is 22.8 Å². The zero-order chi connectivity index (χ0) is 29.7. The van der Waals surface area contributed by atoms with E-state index in [1.165, 1.54) is 39.8 Å². The highest BCUT2D eigenvalue weighted by atomic mass is 32.1. The largest absolute Gasteiger partial charge is 0.573 e. The van der Waals surface area contributed by atoms with E-state index in [2.05, 4.69) is 29.5 Å². The Bertz CT molecular complexity index is 1800. The van der Waals surface area contributed by atoms with Gasteiger partial charge in [-0.15, -0.1) is 18.3 Å². The molecule has 10 nitrogen and oxygen atoms in total. The van der Waals surface area contributed by atoms with Crippen LogP contribution in [0.2, 0.25) is 0 Å². The Morgan fingerprint density at radius 2 is 1.81 bits per heavy atom. The van der Waals surface area contributed by atoms with E-state index < -0.39 is 12.4 Å². The van der Waals surface area contributed by atoms with E-state index in [0.717, 1.165) is 34.6 Å². The molecule has 5 rings (SSSR count). The summed E-state index contributed by atoms with van der Waals surface area (Å²) in [6, 6.07) is 19.7. The molecule has 216 valence electrons. The van der Waals surface area contributed by atoms with E-state index in [-0.39, 0.29) is 16.2 Å². The van der Waals surface area contributed by atoms with Crippen LogP contribution in [0.1, 0.15) is 18.1 Å². The number of hydrogen-bond donors (Lipinski definition) is 2. The first-order chi connectivity index (χ1) is 20.2. The number of benzene rings is 3. The Hall–Kier alpha value is -4.98. The van der Waals surface area contributed by atoms with Gasteiger partial charge in [0.05, 0.1) is 11.4 Å². The zero-order valence-corrected chi connectivity index (χ0v) is 22.9. The van der Waals surface area contributed by atoms with Gasteiger partial charge >= 0.3 is 18.1 Å². The van der Waals surface area contributed by atoms with Crippen molar-refractivity contribution in [3.63, 3.8) is 0 Å². The molecule has 0 fully saturated rings. The lowest BCUT2D eigenvalue weighted by Gasteiger charge is -2.09. The van der Waals surface area contributed by atoms with Crippen molar-refractivity contribution in [2.45, 2.75) is 26.1 Å². The lowest BCUT2D eigenvalue weighted by Crippen LogP contribution is -2.29. The van der Waals surface area contributed by atoms with Gasteiger partial charge < -0.3 is 10.1 Å². The molecule has 14 heteroatoms. The van der Waals surface area contributed by atoms with Crippen LogP contribution in [0, 0.1) is 0 Å². The predicted octanol–water partition coefficient (Wildman–Crippen LogP) is 4.79. The summed E-state index contributed by atoms with van der Waals surface area (Å²) >= 11 is 0.988. The summed E-state index contributed by atoms with van der Waals surface area (Å²) in [5.41, 5.74) is 3.50. The van der Waals surface area contributed by atoms with Crippen molar-refractivity contribution in [3.8, 4) is 28.5 Å². The second-order valence-corrected chi connectivity index (χ2v) is 9.73. The number of alkyl halides is 3. The number of para-hydroxylation sites is 1. The van der Waals surface area contributed by atoms with Gasteiger partial charge in [0.1, 0.15) is 12.1 Å². The summed E-state index contributed by atoms with van der Waals surface area (Å²) in [7, 11) is 0. The standard InChI is InChI=1S/C28H24F3N7O3S/c1-2-19-5-3-4-6-23(19)38-26(40)36-42-27(38)34-25(39)32-16-15-18-7-9-20(10-8-18)24-33-17-37(35-24)21-11-13-22(14-12-21)41-28(29,30)31/h3-14,17H,2,15-16H2,1H3,(H,32,39)(H,36,40)/b34-27-. The Morgan fingerprint density at radius 1 is 1.07 bits per heavy atom. The predicted molar refractivity (Wildman–Crippen MR) is 150 cm³/mol. The fourth-order valence-electron chi connectivity index (χ4n) is 4.16. The molecule has 0 saturated heterocycles. The number of carbonyl (C=O) groups excluding carboxylic acids is 1. The molecule has 0 radical (unpaired) electrons. The number of halogens is 3. The van der Waals surface area contributed by atoms with Gasteiger partial charge in [0.15, 0.2) is 5.82 Å². The summed E-state index contributed by atoms with van der Waals surface area (Å²) in [5.74, 6) is 0.114. The van der Waals surface area contributed by atoms with Crippen molar-refractivity contribution >= 4 is 17.6 Å². The maximum atomic E-state index is 12.5. The van der Waals surface area contributed by atoms with Gasteiger partial charge in [-0.3, -0.25) is 4.37 Å². The first-order valence-electron chi connectivity index (χ1n) is 12.8. The number of ether oxygens (including phenoxy) is 1. The number of hydrogen-bond acceptors (Lipinski definition) is 6. The molecule has 2 amide bonds. The molecule has 42 heavy (non-hydrogen) atoms. The number of rotatable bonds is 8. The highest BCUT2D eigenvalue weighted by Crippen LogP contribution is 2.24. The number of nitrogens with one attached hydrogen (secondary N) is 2. The van der Waals surface area contributed by atoms with Crippen LogP contribution < -0.4 is 20.5 Å². The average molecular weight is 596 g/mol. The minimum atomic E-state index is -4.76. The van der Waals surface area contributed by atoms with Crippen LogP contribution in [-0.4, -0.2) is 42.6 Å². The molecule has 2 heterocycles. The van der Waals surface area contributed by atoms with E-state index >= 15 is 0 Å². The van der Waals surface area contributed by atoms with E-state index in [4.69, 9.17) is 0 Å². The average Bonchev–Trinajstić information content (AvgIpc) is 3.60. The summed E-state index contributed by atoms with van der Waals surface area (Å²) in [4.78, 5) is 33.6. The third-order valence-electron chi connectivity index (χ3n) is 6.16. The number of urea groups is 1. The molecule has 0 spiro atoms. The summed E-state index contributed by atoms with van der Waals surface area (Å²) < 4.78 is 46.5. The number of nitrogens with zero attached hydrogens (tertiary/aromatic N) is 5. The summed E-state index contributed by atoms with van der Waals surface area (Å²) in [5, 5.41) is 7.15. The van der Waals surface area contributed by atoms with Crippen molar-refractivity contribution < 1.29 is 22.7 Å². The van der Waals surface area contributed by atoms with Gasteiger partial charge in [-0.25, -0.2) is 23.8 Å². The van der Waals surface area contributed by atoms with Crippen LogP contribution in [-0.2, 0) is 12.8 Å². The SMILES string of the molecule is CCc1ccccc1-n1c(=O)[nH]s/c1=N\C(=O)NCCc1ccc(-c2ncn(-c3ccc(OC(F)(F)F)cc3)n2)cc1. The normalized spacial score (nSPS) is 12.0. The van der Waals surface area contributed by atoms with Crippen molar-refractivity contribution in [3.05, 3.63) is 106 Å². The zero-order valence-electron chi connectivity index (χ0n) is 22.1. The number of amides is 2. The molecule has 0 unspecified atom stereocenters. The number of aryl methyl sites for hydroxylation is 1. The molecule has 2 aromatic heterocycles. The minimum Gasteiger partial charge on any atom is -0.406 e. The van der Waals surface area contributed by atoms with Crippen molar-refractivity contribution in [2.24, 2.45) is 4.99 Å². The second kappa shape index (κ2) is 12.3. The highest BCUT2D eigenvalue weighted by Gasteiger charge is 2.31. The summed E-state index contributed by atoms with van der Waals surface area (Å²) in [6.07, 6.45) is -2.03.